The Hall–Kier alpha value is -3.31. The summed E-state index contributed by atoms with van der Waals surface area (Å²) >= 11 is 0. The molecule has 0 bridgehead atoms. The summed E-state index contributed by atoms with van der Waals surface area (Å²) in [7, 11) is -3.78. The van der Waals surface area contributed by atoms with Gasteiger partial charge in [-0.3, -0.25) is 14.7 Å². The van der Waals surface area contributed by atoms with E-state index in [2.05, 4.69) is 15.3 Å². The quantitative estimate of drug-likeness (QED) is 0.428. The topological polar surface area (TPSA) is 123 Å². The first-order valence-corrected chi connectivity index (χ1v) is 11.7. The van der Waals surface area contributed by atoms with Crippen molar-refractivity contribution < 1.29 is 13.3 Å². The zero-order chi connectivity index (χ0) is 22.7. The molecule has 0 amide bonds. The molecule has 0 radical (unpaired) electrons. The van der Waals surface area contributed by atoms with E-state index in [9.17, 15) is 18.5 Å². The third-order valence-electron chi connectivity index (χ3n) is 5.48. The maximum Gasteiger partial charge on any atom is 0.293 e. The van der Waals surface area contributed by atoms with Crippen LogP contribution in [0.4, 0.5) is 11.4 Å². The molecule has 3 heterocycles. The van der Waals surface area contributed by atoms with Gasteiger partial charge in [-0.15, -0.1) is 0 Å². The van der Waals surface area contributed by atoms with Crippen LogP contribution in [0, 0.1) is 16.0 Å². The fourth-order valence-corrected chi connectivity index (χ4v) is 5.37. The fourth-order valence-electron chi connectivity index (χ4n) is 3.75. The molecule has 10 nitrogen and oxygen atoms in total. The van der Waals surface area contributed by atoms with Gasteiger partial charge in [-0.05, 0) is 42.5 Å². The van der Waals surface area contributed by atoms with Crippen LogP contribution >= 0.6 is 0 Å². The highest BCUT2D eigenvalue weighted by Gasteiger charge is 2.30. The van der Waals surface area contributed by atoms with Crippen LogP contribution in [0.3, 0.4) is 0 Å². The van der Waals surface area contributed by atoms with Crippen molar-refractivity contribution in [3.05, 3.63) is 70.9 Å². The molecule has 1 aromatic carbocycles. The number of benzene rings is 1. The monoisotopic (exact) mass is 456 g/mol. The summed E-state index contributed by atoms with van der Waals surface area (Å²) < 4.78 is 29.2. The highest BCUT2D eigenvalue weighted by atomic mass is 32.2. The third kappa shape index (κ3) is 4.63. The minimum atomic E-state index is -3.78. The zero-order valence-electron chi connectivity index (χ0n) is 17.6. The van der Waals surface area contributed by atoms with E-state index < -0.39 is 14.9 Å². The molecule has 1 aliphatic heterocycles. The van der Waals surface area contributed by atoms with Gasteiger partial charge in [0.1, 0.15) is 17.8 Å². The average Bonchev–Trinajstić information content (AvgIpc) is 3.33. The molecule has 32 heavy (non-hydrogen) atoms. The van der Waals surface area contributed by atoms with Crippen LogP contribution in [-0.4, -0.2) is 45.3 Å². The van der Waals surface area contributed by atoms with E-state index in [0.29, 0.717) is 25.5 Å². The number of nitrogens with one attached hydrogen (secondary N) is 1. The van der Waals surface area contributed by atoms with Gasteiger partial charge in [0.05, 0.1) is 9.82 Å². The number of nitrogens with zero attached hydrogens (tertiary/aromatic N) is 5. The number of nitro benzene ring substituents is 1. The van der Waals surface area contributed by atoms with Crippen LogP contribution in [0.5, 0.6) is 0 Å². The van der Waals surface area contributed by atoms with Crippen molar-refractivity contribution in [1.82, 2.24) is 18.8 Å². The Morgan fingerprint density at radius 1 is 1.28 bits per heavy atom. The molecule has 1 atom stereocenters. The molecule has 0 saturated carbocycles. The van der Waals surface area contributed by atoms with Crippen LogP contribution in [0.2, 0.25) is 0 Å². The summed E-state index contributed by atoms with van der Waals surface area (Å²) in [4.78, 5) is 19.4. The summed E-state index contributed by atoms with van der Waals surface area (Å²) in [6.07, 6.45) is 8.52. The average molecular weight is 457 g/mol. The van der Waals surface area contributed by atoms with Crippen molar-refractivity contribution in [2.24, 2.45) is 5.92 Å². The Kier molecular flexibility index (Phi) is 6.19. The second-order valence-corrected chi connectivity index (χ2v) is 9.83. The molecule has 0 spiro atoms. The molecular weight excluding hydrogens is 432 g/mol. The number of rotatable bonds is 7. The van der Waals surface area contributed by atoms with E-state index >= 15 is 0 Å². The summed E-state index contributed by atoms with van der Waals surface area (Å²) in [6.45, 7) is 3.17. The molecule has 168 valence electrons. The smallest absolute Gasteiger partial charge is 0.293 e. The van der Waals surface area contributed by atoms with Gasteiger partial charge in [-0.2, -0.15) is 4.31 Å². The van der Waals surface area contributed by atoms with Gasteiger partial charge in [0, 0.05) is 44.3 Å². The summed E-state index contributed by atoms with van der Waals surface area (Å²) in [5.41, 5.74) is 0.793. The second kappa shape index (κ2) is 9.05. The Labute approximate surface area is 186 Å². The number of nitro groups is 1. The Morgan fingerprint density at radius 3 is 2.78 bits per heavy atom. The molecule has 4 rings (SSSR count). The lowest BCUT2D eigenvalue weighted by Crippen LogP contribution is -2.39. The number of hydrogen-bond acceptors (Lipinski definition) is 7. The maximum atomic E-state index is 13.0. The molecule has 1 saturated heterocycles. The SMILES string of the molecule is CC1CCCN(S(=O)(=O)c2ccc(NCc3ccc(-n4ccnc4)nc3)c([N+](=O)[O-])c2)C1. The van der Waals surface area contributed by atoms with Gasteiger partial charge in [-0.25, -0.2) is 18.4 Å². The van der Waals surface area contributed by atoms with Gasteiger partial charge in [0.2, 0.25) is 10.0 Å². The Balaban J connectivity index is 1.51. The number of imidazole rings is 1. The van der Waals surface area contributed by atoms with E-state index in [-0.39, 0.29) is 22.2 Å². The molecule has 1 fully saturated rings. The van der Waals surface area contributed by atoms with Crippen molar-refractivity contribution in [3.63, 3.8) is 0 Å². The lowest BCUT2D eigenvalue weighted by atomic mass is 10.0. The van der Waals surface area contributed by atoms with E-state index in [1.165, 1.54) is 16.4 Å². The Bertz CT molecular complexity index is 1200. The minimum absolute atomic E-state index is 0.0600. The normalized spacial score (nSPS) is 17.2. The van der Waals surface area contributed by atoms with E-state index in [1.54, 1.807) is 29.5 Å². The van der Waals surface area contributed by atoms with Crippen LogP contribution in [-0.2, 0) is 16.6 Å². The summed E-state index contributed by atoms with van der Waals surface area (Å²) in [5, 5.41) is 14.7. The number of piperidine rings is 1. The van der Waals surface area contributed by atoms with Crippen LogP contribution in [0.15, 0.2) is 60.1 Å². The van der Waals surface area contributed by atoms with Gasteiger partial charge >= 0.3 is 0 Å². The first-order chi connectivity index (χ1) is 15.3. The third-order valence-corrected chi connectivity index (χ3v) is 7.35. The molecule has 1 N–H and O–H groups in total. The van der Waals surface area contributed by atoms with Crippen molar-refractivity contribution in [1.29, 1.82) is 0 Å². The molecule has 2 aromatic heterocycles. The number of hydrogen-bond donors (Lipinski definition) is 1. The van der Waals surface area contributed by atoms with Gasteiger partial charge in [0.15, 0.2) is 0 Å². The molecule has 0 aliphatic carbocycles. The molecule has 11 heteroatoms. The van der Waals surface area contributed by atoms with E-state index in [4.69, 9.17) is 0 Å². The molecule has 1 aliphatic rings. The highest BCUT2D eigenvalue weighted by Crippen LogP contribution is 2.31. The Morgan fingerprint density at radius 2 is 2.12 bits per heavy atom. The first kappa shape index (κ1) is 21.9. The number of aromatic nitrogens is 3. The molecule has 3 aromatic rings. The largest absolute Gasteiger partial charge is 0.375 e. The van der Waals surface area contributed by atoms with E-state index in [1.807, 2.05) is 19.1 Å². The van der Waals surface area contributed by atoms with Crippen LogP contribution in [0.1, 0.15) is 25.3 Å². The zero-order valence-corrected chi connectivity index (χ0v) is 18.4. The standard InChI is InChI=1S/C21H24N6O4S/c1-16-3-2-9-26(14-16)32(30,31)18-5-6-19(20(11-18)27(28)29)23-12-17-4-7-21(24-13-17)25-10-8-22-15-25/h4-8,10-11,13,15-16,23H,2-3,9,12,14H2,1H3. The van der Waals surface area contributed by atoms with Crippen LogP contribution in [0.25, 0.3) is 5.82 Å². The molecular formula is C21H24N6O4S. The van der Waals surface area contributed by atoms with Crippen molar-refractivity contribution in [2.75, 3.05) is 18.4 Å². The number of pyridine rings is 1. The highest BCUT2D eigenvalue weighted by molar-refractivity contribution is 7.89. The van der Waals surface area contributed by atoms with Gasteiger partial charge in [0.25, 0.3) is 5.69 Å². The summed E-state index contributed by atoms with van der Waals surface area (Å²) in [5.74, 6) is 0.974. The first-order valence-electron chi connectivity index (χ1n) is 10.3. The van der Waals surface area contributed by atoms with Gasteiger partial charge in [-0.1, -0.05) is 13.0 Å². The van der Waals surface area contributed by atoms with Crippen molar-refractivity contribution >= 4 is 21.4 Å². The van der Waals surface area contributed by atoms with Crippen LogP contribution < -0.4 is 5.32 Å². The predicted molar refractivity (Wildman–Crippen MR) is 119 cm³/mol. The lowest BCUT2D eigenvalue weighted by molar-refractivity contribution is -0.384. The molecule has 1 unspecified atom stereocenters. The van der Waals surface area contributed by atoms with Crippen molar-refractivity contribution in [3.8, 4) is 5.82 Å². The number of sulfonamides is 1. The maximum absolute atomic E-state index is 13.0. The minimum Gasteiger partial charge on any atom is -0.375 e. The number of anilines is 1. The fraction of sp³-hybridized carbons (Fsp3) is 0.333. The summed E-state index contributed by atoms with van der Waals surface area (Å²) in [6, 6.07) is 7.69. The predicted octanol–water partition coefficient (Wildman–Crippen LogP) is 3.21. The van der Waals surface area contributed by atoms with Gasteiger partial charge < -0.3 is 5.32 Å². The van der Waals surface area contributed by atoms with E-state index in [0.717, 1.165) is 24.5 Å². The lowest BCUT2D eigenvalue weighted by Gasteiger charge is -2.30. The van der Waals surface area contributed by atoms with Crippen molar-refractivity contribution in [2.45, 2.75) is 31.2 Å². The second-order valence-electron chi connectivity index (χ2n) is 7.89.